The lowest BCUT2D eigenvalue weighted by molar-refractivity contribution is -0.871. The summed E-state index contributed by atoms with van der Waals surface area (Å²) < 4.78 is 0.568. The molecular weight excluding hydrogens is 186 g/mol. The molecule has 0 radical (unpaired) electrons. The molecule has 1 atom stereocenters. The van der Waals surface area contributed by atoms with Crippen molar-refractivity contribution in [3.8, 4) is 0 Å². The van der Waals surface area contributed by atoms with Crippen molar-refractivity contribution in [1.29, 1.82) is 0 Å². The predicted octanol–water partition coefficient (Wildman–Crippen LogP) is -0.796. The largest absolute Gasteiger partial charge is 0.481 e. The van der Waals surface area contributed by atoms with Crippen LogP contribution < -0.4 is 11.1 Å². The van der Waals surface area contributed by atoms with Crippen molar-refractivity contribution < 1.29 is 19.2 Å². The number of amides is 2. The van der Waals surface area contributed by atoms with Crippen molar-refractivity contribution >= 4 is 12.0 Å². The monoisotopic (exact) mass is 204 g/mol. The Kier molecular flexibility index (Phi) is 4.36. The zero-order valence-electron chi connectivity index (χ0n) is 8.78. The Morgan fingerprint density at radius 3 is 2.21 bits per heavy atom. The number of carbonyl (C=O) groups excluding carboxylic acids is 1. The highest BCUT2D eigenvalue weighted by Crippen LogP contribution is 1.99. The molecule has 0 aliphatic heterocycles. The second kappa shape index (κ2) is 4.80. The minimum atomic E-state index is -0.947. The van der Waals surface area contributed by atoms with Crippen LogP contribution in [0.15, 0.2) is 0 Å². The first-order chi connectivity index (χ1) is 6.20. The number of aliphatic carboxylic acids is 1. The van der Waals surface area contributed by atoms with Crippen molar-refractivity contribution in [3.05, 3.63) is 0 Å². The summed E-state index contributed by atoms with van der Waals surface area (Å²) in [6.07, 6.45) is -0.113. The van der Waals surface area contributed by atoms with Gasteiger partial charge in [0.1, 0.15) is 0 Å². The molecule has 0 saturated carbocycles. The molecule has 0 bridgehead atoms. The highest BCUT2D eigenvalue weighted by atomic mass is 16.4. The van der Waals surface area contributed by atoms with Gasteiger partial charge in [-0.1, -0.05) is 0 Å². The van der Waals surface area contributed by atoms with Crippen LogP contribution in [0.1, 0.15) is 6.42 Å². The number of urea groups is 1. The molecule has 0 aromatic carbocycles. The van der Waals surface area contributed by atoms with Crippen molar-refractivity contribution in [2.75, 3.05) is 27.7 Å². The van der Waals surface area contributed by atoms with Crippen molar-refractivity contribution in [1.82, 2.24) is 5.32 Å². The lowest BCUT2D eigenvalue weighted by atomic mass is 10.2. The van der Waals surface area contributed by atoms with E-state index in [-0.39, 0.29) is 6.42 Å². The Balaban J connectivity index is 4.24. The van der Waals surface area contributed by atoms with Gasteiger partial charge in [0.05, 0.1) is 40.2 Å². The smallest absolute Gasteiger partial charge is 0.312 e. The summed E-state index contributed by atoms with van der Waals surface area (Å²) in [4.78, 5) is 21.1. The van der Waals surface area contributed by atoms with Crippen LogP contribution in [0.3, 0.4) is 0 Å². The molecule has 2 amide bonds. The van der Waals surface area contributed by atoms with E-state index in [1.165, 1.54) is 0 Å². The fourth-order valence-electron chi connectivity index (χ4n) is 1.23. The number of nitrogens with two attached hydrogens (primary N) is 1. The van der Waals surface area contributed by atoms with Crippen molar-refractivity contribution in [3.63, 3.8) is 0 Å². The van der Waals surface area contributed by atoms with Gasteiger partial charge in [0.15, 0.2) is 0 Å². The Hall–Kier alpha value is -1.30. The molecule has 0 fully saturated rings. The number of quaternary nitrogens is 1. The number of rotatable bonds is 5. The molecule has 0 aromatic heterocycles. The maximum atomic E-state index is 10.6. The molecule has 0 heterocycles. The quantitative estimate of drug-likeness (QED) is 0.512. The summed E-state index contributed by atoms with van der Waals surface area (Å²) in [5, 5.41) is 11.0. The van der Waals surface area contributed by atoms with E-state index in [1.54, 1.807) is 0 Å². The van der Waals surface area contributed by atoms with Crippen LogP contribution in [0.2, 0.25) is 0 Å². The van der Waals surface area contributed by atoms with E-state index in [0.717, 1.165) is 0 Å². The van der Waals surface area contributed by atoms with Gasteiger partial charge < -0.3 is 20.6 Å². The van der Waals surface area contributed by atoms with Crippen LogP contribution in [0, 0.1) is 0 Å². The predicted molar refractivity (Wildman–Crippen MR) is 51.7 cm³/mol. The average molecular weight is 204 g/mol. The third kappa shape index (κ3) is 7.35. The van der Waals surface area contributed by atoms with Gasteiger partial charge in [0, 0.05) is 0 Å². The molecule has 0 aromatic rings. The zero-order valence-corrected chi connectivity index (χ0v) is 8.78. The van der Waals surface area contributed by atoms with Gasteiger partial charge in [0.2, 0.25) is 0 Å². The van der Waals surface area contributed by atoms with E-state index in [2.05, 4.69) is 5.32 Å². The number of carbonyl (C=O) groups is 2. The Bertz CT molecular complexity index is 206. The molecule has 4 N–H and O–H groups in total. The fraction of sp³-hybridized carbons (Fsp3) is 0.750. The molecule has 6 heteroatoms. The first-order valence-electron chi connectivity index (χ1n) is 4.29. The van der Waals surface area contributed by atoms with Gasteiger partial charge in [-0.25, -0.2) is 4.79 Å². The summed E-state index contributed by atoms with van der Waals surface area (Å²) >= 11 is 0. The summed E-state index contributed by atoms with van der Waals surface area (Å²) in [6.45, 7) is 0.523. The second-order valence-electron chi connectivity index (χ2n) is 4.28. The van der Waals surface area contributed by atoms with Gasteiger partial charge in [-0.15, -0.1) is 0 Å². The first kappa shape index (κ1) is 12.7. The molecule has 6 nitrogen and oxygen atoms in total. The second-order valence-corrected chi connectivity index (χ2v) is 4.28. The lowest BCUT2D eigenvalue weighted by Crippen LogP contribution is -2.50. The van der Waals surface area contributed by atoms with Crippen molar-refractivity contribution in [2.45, 2.75) is 12.5 Å². The first-order valence-corrected chi connectivity index (χ1v) is 4.29. The Morgan fingerprint density at radius 1 is 1.43 bits per heavy atom. The van der Waals surface area contributed by atoms with Gasteiger partial charge in [0.25, 0.3) is 0 Å². The maximum absolute atomic E-state index is 10.6. The number of nitrogens with one attached hydrogen (secondary N) is 1. The van der Waals surface area contributed by atoms with Crippen LogP contribution in [0.4, 0.5) is 4.79 Å². The molecule has 0 unspecified atom stereocenters. The molecule has 0 spiro atoms. The summed E-state index contributed by atoms with van der Waals surface area (Å²) in [5.41, 5.74) is 4.94. The van der Waals surface area contributed by atoms with E-state index in [4.69, 9.17) is 10.8 Å². The highest BCUT2D eigenvalue weighted by molar-refractivity contribution is 5.74. The van der Waals surface area contributed by atoms with Gasteiger partial charge in [-0.05, 0) is 0 Å². The molecule has 82 valence electrons. The summed E-state index contributed by atoms with van der Waals surface area (Å²) in [5.74, 6) is -0.947. The summed E-state index contributed by atoms with van der Waals surface area (Å²) in [6, 6.07) is -1.12. The highest BCUT2D eigenvalue weighted by Gasteiger charge is 2.21. The third-order valence-electron chi connectivity index (χ3n) is 1.54. The van der Waals surface area contributed by atoms with E-state index in [1.807, 2.05) is 21.1 Å². The van der Waals surface area contributed by atoms with E-state index in [9.17, 15) is 9.59 Å². The fourth-order valence-corrected chi connectivity index (χ4v) is 1.23. The average Bonchev–Trinajstić information content (AvgIpc) is 1.77. The molecular formula is C8H18N3O3+. The third-order valence-corrected chi connectivity index (χ3v) is 1.54. The van der Waals surface area contributed by atoms with Gasteiger partial charge >= 0.3 is 12.0 Å². The number of hydrogen-bond acceptors (Lipinski definition) is 2. The number of carboxylic acids is 1. The van der Waals surface area contributed by atoms with Gasteiger partial charge in [-0.3, -0.25) is 4.79 Å². The van der Waals surface area contributed by atoms with E-state index >= 15 is 0 Å². The van der Waals surface area contributed by atoms with Crippen LogP contribution in [0.5, 0.6) is 0 Å². The number of likely N-dealkylation sites (N-methyl/N-ethyl adjacent to an activating group) is 1. The van der Waals surface area contributed by atoms with Crippen LogP contribution >= 0.6 is 0 Å². The minimum absolute atomic E-state index is 0.113. The molecule has 0 aliphatic rings. The van der Waals surface area contributed by atoms with E-state index < -0.39 is 18.0 Å². The summed E-state index contributed by atoms with van der Waals surface area (Å²) in [7, 11) is 5.74. The molecule has 0 rings (SSSR count). The van der Waals surface area contributed by atoms with Crippen LogP contribution in [-0.4, -0.2) is 55.3 Å². The number of carboxylic acid groups (broad SMARTS) is 1. The van der Waals surface area contributed by atoms with E-state index in [0.29, 0.717) is 11.0 Å². The Labute approximate surface area is 83.3 Å². The standard InChI is InChI=1S/C8H17N3O3/c1-11(2,3)5-6(4-7(12)13)10-8(9)14/h6H,4-5H2,1-3H3,(H3-,9,10,12,13,14)/p+1/t6-/m1/s1. The molecule has 0 saturated heterocycles. The minimum Gasteiger partial charge on any atom is -0.481 e. The SMILES string of the molecule is C[N+](C)(C)C[C@@H](CC(=O)O)NC(N)=O. The number of hydrogen-bond donors (Lipinski definition) is 3. The molecule has 14 heavy (non-hydrogen) atoms. The van der Waals surface area contributed by atoms with Crippen LogP contribution in [-0.2, 0) is 4.79 Å². The van der Waals surface area contributed by atoms with Crippen molar-refractivity contribution in [2.24, 2.45) is 5.73 Å². The maximum Gasteiger partial charge on any atom is 0.312 e. The zero-order chi connectivity index (χ0) is 11.4. The molecule has 0 aliphatic carbocycles. The number of nitrogens with zero attached hydrogens (tertiary/aromatic N) is 1. The number of primary amides is 1. The van der Waals surface area contributed by atoms with Crippen LogP contribution in [0.25, 0.3) is 0 Å². The Morgan fingerprint density at radius 2 is 1.93 bits per heavy atom. The topological polar surface area (TPSA) is 92.4 Å². The normalized spacial score (nSPS) is 13.4. The lowest BCUT2D eigenvalue weighted by Gasteiger charge is -2.28. The van der Waals surface area contributed by atoms with Gasteiger partial charge in [-0.2, -0.15) is 0 Å².